The van der Waals surface area contributed by atoms with E-state index in [2.05, 4.69) is 83.3 Å². The zero-order chi connectivity index (χ0) is 18.3. The van der Waals surface area contributed by atoms with Gasteiger partial charge in [-0.2, -0.15) is 0 Å². The van der Waals surface area contributed by atoms with Gasteiger partial charge < -0.3 is 14.8 Å². The summed E-state index contributed by atoms with van der Waals surface area (Å²) in [6.45, 7) is 4.24. The van der Waals surface area contributed by atoms with Crippen LogP contribution in [-0.4, -0.2) is 14.7 Å². The van der Waals surface area contributed by atoms with Gasteiger partial charge in [-0.15, -0.1) is 0 Å². The molecule has 2 atom stereocenters. The molecule has 0 spiro atoms. The number of pyridine rings is 1. The number of nitrogens with one attached hydrogen (secondary N) is 1. The van der Waals surface area contributed by atoms with Gasteiger partial charge >= 0.3 is 0 Å². The lowest BCUT2D eigenvalue weighted by Crippen LogP contribution is -2.30. The van der Waals surface area contributed by atoms with Gasteiger partial charge in [0, 0.05) is 30.8 Å². The third-order valence-electron chi connectivity index (χ3n) is 4.87. The summed E-state index contributed by atoms with van der Waals surface area (Å²) in [6, 6.07) is 16.9. The molecule has 0 radical (unpaired) electrons. The number of aromatic nitrogens is 2. The fourth-order valence-electron chi connectivity index (χ4n) is 3.80. The van der Waals surface area contributed by atoms with Crippen molar-refractivity contribution in [1.82, 2.24) is 14.9 Å². The number of hydrogen-bond acceptors (Lipinski definition) is 2. The predicted molar refractivity (Wildman–Crippen MR) is 109 cm³/mol. The summed E-state index contributed by atoms with van der Waals surface area (Å²) < 4.78 is 2.16. The first kappa shape index (κ1) is 16.8. The largest absolute Gasteiger partial charge is 0.353 e. The second kappa shape index (κ2) is 6.57. The molecule has 2 aromatic heterocycles. The molecule has 132 valence electrons. The van der Waals surface area contributed by atoms with Crippen molar-refractivity contribution in [2.24, 2.45) is 7.05 Å². The highest BCUT2D eigenvalue weighted by molar-refractivity contribution is 7.80. The summed E-state index contributed by atoms with van der Waals surface area (Å²) in [5.41, 5.74) is 5.77. The number of aryl methyl sites for hydroxylation is 3. The summed E-state index contributed by atoms with van der Waals surface area (Å²) in [5.74, 6) is 0. The standard InChI is InChI=1S/C21H22N4S/c1-14-11-15(2)13-16(12-14)25-20(18-8-6-10-24(18)3)19(23-21(25)26)17-7-4-5-9-22-17/h4-13,19-20H,1-3H3,(H,23,26). The molecule has 1 fully saturated rings. The molecular weight excluding hydrogens is 340 g/mol. The number of rotatable bonds is 3. The molecule has 1 aliphatic heterocycles. The molecular formula is C21H22N4S. The first-order chi connectivity index (χ1) is 12.5. The Kier molecular flexibility index (Phi) is 4.24. The Morgan fingerprint density at radius 2 is 1.81 bits per heavy atom. The van der Waals surface area contributed by atoms with Gasteiger partial charge in [0.2, 0.25) is 0 Å². The molecule has 26 heavy (non-hydrogen) atoms. The molecule has 0 amide bonds. The van der Waals surface area contributed by atoms with Crippen LogP contribution in [0.25, 0.3) is 0 Å². The van der Waals surface area contributed by atoms with Gasteiger partial charge in [0.05, 0.1) is 11.7 Å². The van der Waals surface area contributed by atoms with Gasteiger partial charge in [0.1, 0.15) is 6.04 Å². The SMILES string of the molecule is Cc1cc(C)cc(N2C(=S)NC(c3ccccn3)C2c2cccn2C)c1. The van der Waals surface area contributed by atoms with Crippen molar-refractivity contribution in [2.75, 3.05) is 4.90 Å². The molecule has 1 N–H and O–H groups in total. The topological polar surface area (TPSA) is 33.1 Å². The minimum atomic E-state index is -0.00174. The van der Waals surface area contributed by atoms with Gasteiger partial charge in [0.15, 0.2) is 5.11 Å². The van der Waals surface area contributed by atoms with Crippen LogP contribution in [0.5, 0.6) is 0 Å². The minimum absolute atomic E-state index is 0.00174. The summed E-state index contributed by atoms with van der Waals surface area (Å²) in [5, 5.41) is 4.24. The van der Waals surface area contributed by atoms with Crippen LogP contribution in [-0.2, 0) is 7.05 Å². The molecule has 3 heterocycles. The van der Waals surface area contributed by atoms with Crippen LogP contribution in [0.4, 0.5) is 5.69 Å². The average molecular weight is 363 g/mol. The predicted octanol–water partition coefficient (Wildman–Crippen LogP) is 4.21. The van der Waals surface area contributed by atoms with E-state index in [0.29, 0.717) is 0 Å². The highest BCUT2D eigenvalue weighted by Gasteiger charge is 2.41. The highest BCUT2D eigenvalue weighted by Crippen LogP contribution is 2.41. The molecule has 0 aliphatic carbocycles. The van der Waals surface area contributed by atoms with Gasteiger partial charge in [-0.05, 0) is 73.6 Å². The Balaban J connectivity index is 1.86. The quantitative estimate of drug-likeness (QED) is 0.708. The summed E-state index contributed by atoms with van der Waals surface area (Å²) in [4.78, 5) is 6.82. The maximum Gasteiger partial charge on any atom is 0.174 e. The third-order valence-corrected chi connectivity index (χ3v) is 5.18. The number of anilines is 1. The molecule has 4 nitrogen and oxygen atoms in total. The van der Waals surface area contributed by atoms with E-state index in [4.69, 9.17) is 12.2 Å². The Hall–Kier alpha value is -2.66. The molecule has 3 aromatic rings. The van der Waals surface area contributed by atoms with Crippen LogP contribution in [0.15, 0.2) is 60.9 Å². The lowest BCUT2D eigenvalue weighted by Gasteiger charge is -2.28. The first-order valence-corrected chi connectivity index (χ1v) is 9.15. The third kappa shape index (κ3) is 2.88. The average Bonchev–Trinajstić information content (AvgIpc) is 3.17. The van der Waals surface area contributed by atoms with Gasteiger partial charge in [-0.25, -0.2) is 0 Å². The summed E-state index contributed by atoms with van der Waals surface area (Å²) >= 11 is 5.76. The van der Waals surface area contributed by atoms with Crippen LogP contribution in [0.3, 0.4) is 0 Å². The van der Waals surface area contributed by atoms with E-state index in [0.717, 1.165) is 16.5 Å². The van der Waals surface area contributed by atoms with E-state index in [1.807, 2.05) is 18.3 Å². The lowest BCUT2D eigenvalue weighted by molar-refractivity contribution is 0.541. The Morgan fingerprint density at radius 1 is 1.04 bits per heavy atom. The fraction of sp³-hybridized carbons (Fsp3) is 0.238. The Bertz CT molecular complexity index is 927. The lowest BCUT2D eigenvalue weighted by atomic mass is 10.0. The normalized spacial score (nSPS) is 19.7. The maximum atomic E-state index is 5.76. The van der Waals surface area contributed by atoms with Gasteiger partial charge in [-0.1, -0.05) is 12.1 Å². The molecule has 0 bridgehead atoms. The zero-order valence-electron chi connectivity index (χ0n) is 15.2. The number of nitrogens with zero attached hydrogens (tertiary/aromatic N) is 3. The summed E-state index contributed by atoms with van der Waals surface area (Å²) in [6.07, 6.45) is 3.91. The molecule has 1 aromatic carbocycles. The zero-order valence-corrected chi connectivity index (χ0v) is 16.0. The van der Waals surface area contributed by atoms with E-state index < -0.39 is 0 Å². The van der Waals surface area contributed by atoms with E-state index in [1.165, 1.54) is 16.8 Å². The Labute approximate surface area is 159 Å². The smallest absolute Gasteiger partial charge is 0.174 e. The number of thiocarbonyl (C=S) groups is 1. The molecule has 0 saturated carbocycles. The van der Waals surface area contributed by atoms with Crippen molar-refractivity contribution < 1.29 is 0 Å². The van der Waals surface area contributed by atoms with Crippen LogP contribution < -0.4 is 10.2 Å². The van der Waals surface area contributed by atoms with Gasteiger partial charge in [-0.3, -0.25) is 4.98 Å². The summed E-state index contributed by atoms with van der Waals surface area (Å²) in [7, 11) is 2.08. The van der Waals surface area contributed by atoms with Crippen molar-refractivity contribution in [2.45, 2.75) is 25.9 Å². The first-order valence-electron chi connectivity index (χ1n) is 8.75. The van der Waals surface area contributed by atoms with Crippen LogP contribution in [0.1, 0.15) is 34.6 Å². The monoisotopic (exact) mass is 362 g/mol. The van der Waals surface area contributed by atoms with E-state index >= 15 is 0 Å². The molecule has 4 rings (SSSR count). The Morgan fingerprint density at radius 3 is 2.42 bits per heavy atom. The highest BCUT2D eigenvalue weighted by atomic mass is 32.1. The molecule has 1 saturated heterocycles. The minimum Gasteiger partial charge on any atom is -0.353 e. The molecule has 2 unspecified atom stereocenters. The van der Waals surface area contributed by atoms with Crippen LogP contribution >= 0.6 is 12.2 Å². The fourth-order valence-corrected chi connectivity index (χ4v) is 4.15. The van der Waals surface area contributed by atoms with E-state index in [9.17, 15) is 0 Å². The number of benzene rings is 1. The van der Waals surface area contributed by atoms with Crippen molar-refractivity contribution in [1.29, 1.82) is 0 Å². The molecule has 5 heteroatoms. The van der Waals surface area contributed by atoms with Gasteiger partial charge in [0.25, 0.3) is 0 Å². The van der Waals surface area contributed by atoms with Crippen molar-refractivity contribution in [3.05, 3.63) is 83.4 Å². The van der Waals surface area contributed by atoms with Crippen molar-refractivity contribution in [3.63, 3.8) is 0 Å². The van der Waals surface area contributed by atoms with E-state index in [-0.39, 0.29) is 12.1 Å². The maximum absolute atomic E-state index is 5.76. The second-order valence-corrected chi connectivity index (χ2v) is 7.27. The van der Waals surface area contributed by atoms with Crippen LogP contribution in [0.2, 0.25) is 0 Å². The van der Waals surface area contributed by atoms with Crippen molar-refractivity contribution in [3.8, 4) is 0 Å². The number of hydrogen-bond donors (Lipinski definition) is 1. The van der Waals surface area contributed by atoms with E-state index in [1.54, 1.807) is 0 Å². The second-order valence-electron chi connectivity index (χ2n) is 6.89. The molecule has 1 aliphatic rings. The van der Waals surface area contributed by atoms with Crippen molar-refractivity contribution >= 4 is 23.0 Å². The van der Waals surface area contributed by atoms with Crippen LogP contribution in [0, 0.1) is 13.8 Å².